The Labute approximate surface area is 243 Å². The molecule has 3 aromatic rings. The van der Waals surface area contributed by atoms with E-state index >= 15 is 0 Å². The number of amides is 2. The number of nitrogens with zero attached hydrogens (tertiary/aromatic N) is 2. The summed E-state index contributed by atoms with van der Waals surface area (Å²) in [5.41, 5.74) is 1.74. The van der Waals surface area contributed by atoms with Crippen molar-refractivity contribution in [1.82, 2.24) is 10.2 Å². The van der Waals surface area contributed by atoms with E-state index in [9.17, 15) is 18.0 Å². The Balaban J connectivity index is 2.08. The molecule has 0 aliphatic rings. The summed E-state index contributed by atoms with van der Waals surface area (Å²) < 4.78 is 39.9. The van der Waals surface area contributed by atoms with Gasteiger partial charge >= 0.3 is 0 Å². The molecule has 0 radical (unpaired) electrons. The Morgan fingerprint density at radius 3 is 2.24 bits per heavy atom. The highest BCUT2D eigenvalue weighted by molar-refractivity contribution is 7.92. The van der Waals surface area contributed by atoms with Gasteiger partial charge in [0.25, 0.3) is 10.0 Å². The molecule has 9 nitrogen and oxygen atoms in total. The SMILES string of the molecule is COc1cccc(CN(C(=O)CN(c2cc(C)ccc2OC)S(=O)(=O)c2ccccc2)[C@H](C)C(=O)NCC(C)C)c1. The first kappa shape index (κ1) is 31.5. The van der Waals surface area contributed by atoms with Crippen LogP contribution < -0.4 is 19.1 Å². The number of nitrogens with one attached hydrogen (secondary N) is 1. The minimum atomic E-state index is -4.20. The molecular weight excluding hydrogens is 542 g/mol. The van der Waals surface area contributed by atoms with Crippen molar-refractivity contribution in [3.8, 4) is 11.5 Å². The van der Waals surface area contributed by atoms with Crippen LogP contribution in [0.2, 0.25) is 0 Å². The molecule has 0 fully saturated rings. The zero-order valence-electron chi connectivity index (χ0n) is 24.5. The molecule has 220 valence electrons. The Morgan fingerprint density at radius 1 is 0.902 bits per heavy atom. The van der Waals surface area contributed by atoms with Crippen molar-refractivity contribution in [2.45, 2.75) is 45.2 Å². The second kappa shape index (κ2) is 14.0. The fourth-order valence-electron chi connectivity index (χ4n) is 4.23. The number of carbonyl (C=O) groups excluding carboxylic acids is 2. The molecule has 0 spiro atoms. The van der Waals surface area contributed by atoms with Crippen molar-refractivity contribution in [2.75, 3.05) is 31.6 Å². The van der Waals surface area contributed by atoms with Crippen LogP contribution in [-0.4, -0.2) is 58.5 Å². The van der Waals surface area contributed by atoms with Crippen LogP contribution in [-0.2, 0) is 26.2 Å². The molecule has 3 aromatic carbocycles. The zero-order valence-corrected chi connectivity index (χ0v) is 25.3. The molecule has 0 aromatic heterocycles. The fraction of sp³-hybridized carbons (Fsp3) is 0.355. The molecule has 2 amide bonds. The summed E-state index contributed by atoms with van der Waals surface area (Å²) >= 11 is 0. The van der Waals surface area contributed by atoms with Crippen LogP contribution >= 0.6 is 0 Å². The van der Waals surface area contributed by atoms with Crippen molar-refractivity contribution < 1.29 is 27.5 Å². The lowest BCUT2D eigenvalue weighted by Crippen LogP contribution is -2.51. The first-order valence-corrected chi connectivity index (χ1v) is 14.8. The average molecular weight is 582 g/mol. The molecule has 41 heavy (non-hydrogen) atoms. The van der Waals surface area contributed by atoms with E-state index in [1.165, 1.54) is 24.1 Å². The summed E-state index contributed by atoms with van der Waals surface area (Å²) in [6.45, 7) is 7.38. The quantitative estimate of drug-likeness (QED) is 0.321. The Bertz CT molecular complexity index is 1440. The summed E-state index contributed by atoms with van der Waals surface area (Å²) in [5.74, 6) is 0.229. The fourth-order valence-corrected chi connectivity index (χ4v) is 5.67. The lowest BCUT2D eigenvalue weighted by molar-refractivity contribution is -0.139. The van der Waals surface area contributed by atoms with E-state index < -0.39 is 28.5 Å². The van der Waals surface area contributed by atoms with E-state index in [0.717, 1.165) is 15.4 Å². The monoisotopic (exact) mass is 581 g/mol. The second-order valence-electron chi connectivity index (χ2n) is 10.2. The van der Waals surface area contributed by atoms with E-state index in [1.54, 1.807) is 68.6 Å². The van der Waals surface area contributed by atoms with Crippen molar-refractivity contribution in [1.29, 1.82) is 0 Å². The molecule has 0 saturated heterocycles. The zero-order chi connectivity index (χ0) is 30.2. The van der Waals surface area contributed by atoms with Gasteiger partial charge in [0.05, 0.1) is 24.8 Å². The highest BCUT2D eigenvalue weighted by Crippen LogP contribution is 2.33. The van der Waals surface area contributed by atoms with Crippen LogP contribution in [0.5, 0.6) is 11.5 Å². The maximum atomic E-state index is 14.1. The smallest absolute Gasteiger partial charge is 0.264 e. The van der Waals surface area contributed by atoms with Crippen LogP contribution in [0.1, 0.15) is 31.9 Å². The molecule has 0 aliphatic carbocycles. The molecule has 0 heterocycles. The molecule has 0 saturated carbocycles. The van der Waals surface area contributed by atoms with E-state index in [-0.39, 0.29) is 29.0 Å². The number of methoxy groups -OCH3 is 2. The van der Waals surface area contributed by atoms with Gasteiger partial charge in [0.1, 0.15) is 24.1 Å². The maximum Gasteiger partial charge on any atom is 0.264 e. The van der Waals surface area contributed by atoms with Crippen molar-refractivity contribution in [3.63, 3.8) is 0 Å². The number of sulfonamides is 1. The lowest BCUT2D eigenvalue weighted by atomic mass is 10.1. The van der Waals surface area contributed by atoms with Gasteiger partial charge in [-0.1, -0.05) is 50.2 Å². The van der Waals surface area contributed by atoms with E-state index in [2.05, 4.69) is 5.32 Å². The van der Waals surface area contributed by atoms with Gasteiger partial charge in [-0.25, -0.2) is 8.42 Å². The van der Waals surface area contributed by atoms with Crippen molar-refractivity contribution >= 4 is 27.5 Å². The number of aryl methyl sites for hydroxylation is 1. The minimum absolute atomic E-state index is 0.0263. The maximum absolute atomic E-state index is 14.1. The summed E-state index contributed by atoms with van der Waals surface area (Å²) in [5, 5.41) is 2.88. The van der Waals surface area contributed by atoms with Crippen LogP contribution in [0, 0.1) is 12.8 Å². The third-order valence-electron chi connectivity index (χ3n) is 6.55. The van der Waals surface area contributed by atoms with E-state index in [1.807, 2.05) is 26.8 Å². The van der Waals surface area contributed by atoms with E-state index in [0.29, 0.717) is 18.0 Å². The summed E-state index contributed by atoms with van der Waals surface area (Å²) in [7, 11) is -1.21. The Hall–Kier alpha value is -4.05. The third kappa shape index (κ3) is 8.00. The summed E-state index contributed by atoms with van der Waals surface area (Å²) in [6.07, 6.45) is 0. The molecule has 1 N–H and O–H groups in total. The lowest BCUT2D eigenvalue weighted by Gasteiger charge is -2.32. The molecule has 3 rings (SSSR count). The molecule has 0 unspecified atom stereocenters. The Kier molecular flexibility index (Phi) is 10.8. The van der Waals surface area contributed by atoms with Gasteiger partial charge < -0.3 is 19.7 Å². The average Bonchev–Trinajstić information content (AvgIpc) is 2.97. The number of carbonyl (C=O) groups is 2. The highest BCUT2D eigenvalue weighted by Gasteiger charge is 2.34. The molecule has 1 atom stereocenters. The number of hydrogen-bond donors (Lipinski definition) is 1. The summed E-state index contributed by atoms with van der Waals surface area (Å²) in [4.78, 5) is 28.7. The van der Waals surface area contributed by atoms with Crippen LogP contribution in [0.25, 0.3) is 0 Å². The van der Waals surface area contributed by atoms with Gasteiger partial charge in [0, 0.05) is 13.1 Å². The second-order valence-corrected chi connectivity index (χ2v) is 12.1. The van der Waals surface area contributed by atoms with Crippen molar-refractivity contribution in [2.24, 2.45) is 5.92 Å². The van der Waals surface area contributed by atoms with Crippen LogP contribution in [0.3, 0.4) is 0 Å². The molecule has 0 bridgehead atoms. The van der Waals surface area contributed by atoms with Gasteiger partial charge in [-0.05, 0) is 67.3 Å². The van der Waals surface area contributed by atoms with Crippen LogP contribution in [0.4, 0.5) is 5.69 Å². The van der Waals surface area contributed by atoms with Gasteiger partial charge in [-0.15, -0.1) is 0 Å². The summed E-state index contributed by atoms with van der Waals surface area (Å²) in [6, 6.07) is 19.3. The highest BCUT2D eigenvalue weighted by atomic mass is 32.2. The van der Waals surface area contributed by atoms with Gasteiger partial charge in [-0.3, -0.25) is 13.9 Å². The first-order chi connectivity index (χ1) is 19.5. The minimum Gasteiger partial charge on any atom is -0.497 e. The third-order valence-corrected chi connectivity index (χ3v) is 8.33. The number of anilines is 1. The standard InChI is InChI=1S/C31H39N3O6S/c1-22(2)19-32-31(36)24(4)33(20-25-11-10-12-26(18-25)39-5)30(35)21-34(28-17-23(3)15-16-29(28)40-6)41(37,38)27-13-8-7-9-14-27/h7-18,22,24H,19-21H2,1-6H3,(H,32,36)/t24-/m1/s1. The number of benzene rings is 3. The number of hydrogen-bond acceptors (Lipinski definition) is 6. The normalized spacial score (nSPS) is 12.0. The van der Waals surface area contributed by atoms with Gasteiger partial charge in [-0.2, -0.15) is 0 Å². The molecule has 10 heteroatoms. The first-order valence-electron chi connectivity index (χ1n) is 13.4. The van der Waals surface area contributed by atoms with Crippen LogP contribution in [0.15, 0.2) is 77.7 Å². The van der Waals surface area contributed by atoms with Gasteiger partial charge in [0.15, 0.2) is 0 Å². The predicted octanol–water partition coefficient (Wildman–Crippen LogP) is 4.40. The van der Waals surface area contributed by atoms with Gasteiger partial charge in [0.2, 0.25) is 11.8 Å². The predicted molar refractivity (Wildman–Crippen MR) is 160 cm³/mol. The largest absolute Gasteiger partial charge is 0.497 e. The number of rotatable bonds is 13. The molecule has 0 aliphatic heterocycles. The topological polar surface area (TPSA) is 105 Å². The molecular formula is C31H39N3O6S. The van der Waals surface area contributed by atoms with Crippen molar-refractivity contribution in [3.05, 3.63) is 83.9 Å². The number of ether oxygens (including phenoxy) is 2. The Morgan fingerprint density at radius 2 is 1.61 bits per heavy atom. The van der Waals surface area contributed by atoms with E-state index in [4.69, 9.17) is 9.47 Å².